The van der Waals surface area contributed by atoms with Crippen LogP contribution in [0.1, 0.15) is 41.7 Å². The molecule has 1 aliphatic heterocycles. The lowest BCUT2D eigenvalue weighted by Gasteiger charge is -2.20. The van der Waals surface area contributed by atoms with E-state index in [1.165, 1.54) is 46.2 Å². The van der Waals surface area contributed by atoms with Crippen molar-refractivity contribution in [2.75, 3.05) is 13.1 Å². The highest BCUT2D eigenvalue weighted by Gasteiger charge is 2.20. The zero-order chi connectivity index (χ0) is 20.5. The lowest BCUT2D eigenvalue weighted by atomic mass is 9.99. The summed E-state index contributed by atoms with van der Waals surface area (Å²) < 4.78 is 1.48. The van der Waals surface area contributed by atoms with Crippen LogP contribution in [-0.4, -0.2) is 33.4 Å². The third kappa shape index (κ3) is 3.86. The van der Waals surface area contributed by atoms with Crippen molar-refractivity contribution < 1.29 is 4.79 Å². The predicted molar refractivity (Wildman–Crippen MR) is 119 cm³/mol. The first-order valence-electron chi connectivity index (χ1n) is 10.3. The van der Waals surface area contributed by atoms with Crippen LogP contribution >= 0.6 is 11.3 Å². The van der Waals surface area contributed by atoms with Gasteiger partial charge in [0.15, 0.2) is 0 Å². The molecular weight excluding hydrogens is 382 g/mol. The summed E-state index contributed by atoms with van der Waals surface area (Å²) in [6.07, 6.45) is 5.95. The third-order valence-corrected chi connectivity index (χ3v) is 6.93. The zero-order valence-corrected chi connectivity index (χ0v) is 18.1. The molecule has 5 nitrogen and oxygen atoms in total. The monoisotopic (exact) mass is 409 g/mol. The maximum atomic E-state index is 13.3. The number of carbonyl (C=O) groups excluding carboxylic acids is 1. The number of hydrogen-bond acceptors (Lipinski definition) is 4. The Morgan fingerprint density at radius 3 is 2.48 bits per heavy atom. The molecule has 3 heterocycles. The van der Waals surface area contributed by atoms with Crippen LogP contribution in [0, 0.1) is 20.8 Å². The largest absolute Gasteiger partial charge is 0.341 e. The van der Waals surface area contributed by atoms with E-state index in [0.29, 0.717) is 5.39 Å². The first-order valence-corrected chi connectivity index (χ1v) is 11.1. The first-order chi connectivity index (χ1) is 14.0. The van der Waals surface area contributed by atoms with Gasteiger partial charge in [-0.3, -0.25) is 14.2 Å². The standard InChI is InChI=1S/C23H27N3O2S/c1-15-8-9-18(12-16(15)2)20-17(3)29-22-21(20)23(28)26(14-24-22)13-19(27)25-10-6-4-5-7-11-25/h8-9,12,14H,4-7,10-11,13H2,1-3H3. The highest BCUT2D eigenvalue weighted by atomic mass is 32.1. The number of fused-ring (bicyclic) bond motifs is 1. The molecule has 0 aliphatic carbocycles. The molecule has 4 rings (SSSR count). The van der Waals surface area contributed by atoms with E-state index in [1.807, 2.05) is 11.8 Å². The van der Waals surface area contributed by atoms with Crippen molar-refractivity contribution in [2.45, 2.75) is 53.0 Å². The van der Waals surface area contributed by atoms with Crippen molar-refractivity contribution in [3.8, 4) is 11.1 Å². The van der Waals surface area contributed by atoms with Crippen molar-refractivity contribution in [3.05, 3.63) is 50.9 Å². The number of amides is 1. The van der Waals surface area contributed by atoms with Gasteiger partial charge in [-0.25, -0.2) is 4.98 Å². The second-order valence-corrected chi connectivity index (χ2v) is 9.19. The van der Waals surface area contributed by atoms with E-state index >= 15 is 0 Å². The molecule has 1 saturated heterocycles. The van der Waals surface area contributed by atoms with Crippen LogP contribution in [0.25, 0.3) is 21.3 Å². The van der Waals surface area contributed by atoms with Gasteiger partial charge in [-0.05, 0) is 50.3 Å². The van der Waals surface area contributed by atoms with Gasteiger partial charge in [0.25, 0.3) is 5.56 Å². The molecule has 0 atom stereocenters. The molecule has 0 unspecified atom stereocenters. The number of rotatable bonds is 3. The highest BCUT2D eigenvalue weighted by molar-refractivity contribution is 7.19. The van der Waals surface area contributed by atoms with Crippen LogP contribution < -0.4 is 5.56 Å². The second kappa shape index (κ2) is 8.11. The molecule has 1 aromatic carbocycles. The molecule has 0 spiro atoms. The van der Waals surface area contributed by atoms with E-state index < -0.39 is 0 Å². The van der Waals surface area contributed by atoms with Crippen LogP contribution in [-0.2, 0) is 11.3 Å². The van der Waals surface area contributed by atoms with Crippen LogP contribution in [0.4, 0.5) is 0 Å². The summed E-state index contributed by atoms with van der Waals surface area (Å²) in [6, 6.07) is 6.28. The van der Waals surface area contributed by atoms with E-state index in [4.69, 9.17) is 0 Å². The van der Waals surface area contributed by atoms with Gasteiger partial charge < -0.3 is 4.90 Å². The van der Waals surface area contributed by atoms with Crippen molar-refractivity contribution in [2.24, 2.45) is 0 Å². The molecule has 3 aromatic rings. The number of aryl methyl sites for hydroxylation is 3. The third-order valence-electron chi connectivity index (χ3n) is 5.91. The summed E-state index contributed by atoms with van der Waals surface area (Å²) in [7, 11) is 0. The van der Waals surface area contributed by atoms with Gasteiger partial charge in [0, 0.05) is 23.5 Å². The topological polar surface area (TPSA) is 55.2 Å². The number of thiophene rings is 1. The van der Waals surface area contributed by atoms with Gasteiger partial charge in [-0.15, -0.1) is 11.3 Å². The van der Waals surface area contributed by atoms with Gasteiger partial charge in [0.1, 0.15) is 11.4 Å². The molecule has 1 fully saturated rings. The van der Waals surface area contributed by atoms with E-state index in [2.05, 4.69) is 37.0 Å². The molecule has 0 N–H and O–H groups in total. The summed E-state index contributed by atoms with van der Waals surface area (Å²) in [4.78, 5) is 34.3. The number of benzene rings is 1. The Morgan fingerprint density at radius 2 is 1.79 bits per heavy atom. The Balaban J connectivity index is 1.74. The number of nitrogens with zero attached hydrogens (tertiary/aromatic N) is 3. The summed E-state index contributed by atoms with van der Waals surface area (Å²) in [5.74, 6) is 0.00910. The molecular formula is C23H27N3O2S. The number of hydrogen-bond donors (Lipinski definition) is 0. The van der Waals surface area contributed by atoms with Crippen molar-refractivity contribution in [1.29, 1.82) is 0 Å². The Kier molecular flexibility index (Phi) is 5.54. The SMILES string of the molecule is Cc1ccc(-c2c(C)sc3ncn(CC(=O)N4CCCCCC4)c(=O)c23)cc1C. The average Bonchev–Trinajstić information content (AvgIpc) is 2.86. The number of carbonyl (C=O) groups is 1. The van der Waals surface area contributed by atoms with E-state index in [0.717, 1.165) is 46.8 Å². The summed E-state index contributed by atoms with van der Waals surface area (Å²) in [6.45, 7) is 7.83. The van der Waals surface area contributed by atoms with Gasteiger partial charge in [-0.2, -0.15) is 0 Å². The smallest absolute Gasteiger partial charge is 0.263 e. The Morgan fingerprint density at radius 1 is 1.07 bits per heavy atom. The molecule has 0 radical (unpaired) electrons. The van der Waals surface area contributed by atoms with E-state index in [9.17, 15) is 9.59 Å². The normalized spacial score (nSPS) is 14.9. The Labute approximate surface area is 175 Å². The highest BCUT2D eigenvalue weighted by Crippen LogP contribution is 2.36. The Bertz CT molecular complexity index is 1120. The molecule has 0 bridgehead atoms. The minimum absolute atomic E-state index is 0.00910. The van der Waals surface area contributed by atoms with Crippen molar-refractivity contribution in [3.63, 3.8) is 0 Å². The zero-order valence-electron chi connectivity index (χ0n) is 17.3. The lowest BCUT2D eigenvalue weighted by molar-refractivity contribution is -0.131. The van der Waals surface area contributed by atoms with Crippen molar-refractivity contribution >= 4 is 27.5 Å². The van der Waals surface area contributed by atoms with Crippen LogP contribution in [0.5, 0.6) is 0 Å². The van der Waals surface area contributed by atoms with E-state index in [1.54, 1.807) is 0 Å². The summed E-state index contributed by atoms with van der Waals surface area (Å²) in [5, 5.41) is 0.627. The first kappa shape index (κ1) is 19.8. The van der Waals surface area contributed by atoms with Crippen LogP contribution in [0.3, 0.4) is 0 Å². The molecule has 152 valence electrons. The minimum Gasteiger partial charge on any atom is -0.341 e. The number of likely N-dealkylation sites (tertiary alicyclic amines) is 1. The lowest BCUT2D eigenvalue weighted by Crippen LogP contribution is -2.37. The summed E-state index contributed by atoms with van der Waals surface area (Å²) >= 11 is 1.54. The molecule has 29 heavy (non-hydrogen) atoms. The van der Waals surface area contributed by atoms with E-state index in [-0.39, 0.29) is 18.0 Å². The molecule has 2 aromatic heterocycles. The minimum atomic E-state index is -0.129. The van der Waals surface area contributed by atoms with Crippen molar-refractivity contribution in [1.82, 2.24) is 14.5 Å². The fourth-order valence-corrected chi connectivity index (χ4v) is 5.06. The maximum absolute atomic E-state index is 13.3. The maximum Gasteiger partial charge on any atom is 0.263 e. The van der Waals surface area contributed by atoms with Gasteiger partial charge in [-0.1, -0.05) is 31.0 Å². The molecule has 1 amide bonds. The fourth-order valence-electron chi connectivity index (χ4n) is 4.06. The fraction of sp³-hybridized carbons (Fsp3) is 0.435. The van der Waals surface area contributed by atoms with Gasteiger partial charge >= 0.3 is 0 Å². The second-order valence-electron chi connectivity index (χ2n) is 7.99. The molecule has 1 aliphatic rings. The quantitative estimate of drug-likeness (QED) is 0.642. The van der Waals surface area contributed by atoms with Crippen LogP contribution in [0.2, 0.25) is 0 Å². The Hall–Kier alpha value is -2.47. The van der Waals surface area contributed by atoms with Gasteiger partial charge in [0.2, 0.25) is 5.91 Å². The predicted octanol–water partition coefficient (Wildman–Crippen LogP) is 4.45. The number of aromatic nitrogens is 2. The van der Waals surface area contributed by atoms with Crippen LogP contribution in [0.15, 0.2) is 29.3 Å². The molecule has 6 heteroatoms. The summed E-state index contributed by atoms with van der Waals surface area (Å²) in [5.41, 5.74) is 4.27. The molecule has 0 saturated carbocycles. The van der Waals surface area contributed by atoms with Gasteiger partial charge in [0.05, 0.1) is 11.7 Å². The average molecular weight is 410 g/mol.